The van der Waals surface area contributed by atoms with Crippen LogP contribution in [0.5, 0.6) is 0 Å². The van der Waals surface area contributed by atoms with E-state index in [1.54, 1.807) is 0 Å². The van der Waals surface area contributed by atoms with Gasteiger partial charge in [-0.15, -0.1) is 0 Å². The first-order valence-corrected chi connectivity index (χ1v) is 10.5. The van der Waals surface area contributed by atoms with Crippen molar-refractivity contribution in [2.75, 3.05) is 45.9 Å². The first-order chi connectivity index (χ1) is 13.8. The summed E-state index contributed by atoms with van der Waals surface area (Å²) in [6, 6.07) is 7.90. The number of morpholine rings is 1. The van der Waals surface area contributed by atoms with Gasteiger partial charge in [0.1, 0.15) is 0 Å². The van der Waals surface area contributed by atoms with E-state index < -0.39 is 6.04 Å². The molecule has 0 aliphatic carbocycles. The molecule has 0 aromatic heterocycles. The SMILES string of the molecule is Cc1ccc(CN2CCNC(=O)[C@H]2CC(=O)NCC(C)(C)N2CCOCC2)cc1. The van der Waals surface area contributed by atoms with Crippen molar-refractivity contribution in [1.29, 1.82) is 0 Å². The van der Waals surface area contributed by atoms with Crippen LogP contribution in [0.25, 0.3) is 0 Å². The topological polar surface area (TPSA) is 73.9 Å². The standard InChI is InChI=1S/C22H34N4O3/c1-17-4-6-18(7-5-17)15-25-9-8-23-21(28)19(25)14-20(27)24-16-22(2,3)26-10-12-29-13-11-26/h4-7,19H,8-16H2,1-3H3,(H,23,28)(H,24,27)/t19-/m1/s1. The van der Waals surface area contributed by atoms with Gasteiger partial charge in [-0.25, -0.2) is 0 Å². The van der Waals surface area contributed by atoms with Crippen molar-refractivity contribution >= 4 is 11.8 Å². The van der Waals surface area contributed by atoms with Crippen LogP contribution < -0.4 is 10.6 Å². The molecular formula is C22H34N4O3. The molecule has 160 valence electrons. The highest BCUT2D eigenvalue weighted by molar-refractivity contribution is 5.88. The second-order valence-corrected chi connectivity index (χ2v) is 8.66. The number of rotatable bonds is 7. The summed E-state index contributed by atoms with van der Waals surface area (Å²) >= 11 is 0. The monoisotopic (exact) mass is 402 g/mol. The first kappa shape index (κ1) is 21.7. The lowest BCUT2D eigenvalue weighted by atomic mass is 10.0. The van der Waals surface area contributed by atoms with Crippen molar-refractivity contribution in [3.8, 4) is 0 Å². The zero-order chi connectivity index (χ0) is 20.9. The van der Waals surface area contributed by atoms with Gasteiger partial charge in [-0.3, -0.25) is 19.4 Å². The fourth-order valence-corrected chi connectivity index (χ4v) is 3.94. The fraction of sp³-hybridized carbons (Fsp3) is 0.636. The number of aryl methyl sites for hydroxylation is 1. The highest BCUT2D eigenvalue weighted by Crippen LogP contribution is 2.17. The maximum atomic E-state index is 12.7. The molecule has 0 saturated carbocycles. The van der Waals surface area contributed by atoms with Gasteiger partial charge in [0.2, 0.25) is 11.8 Å². The zero-order valence-corrected chi connectivity index (χ0v) is 17.9. The van der Waals surface area contributed by atoms with E-state index in [0.29, 0.717) is 19.6 Å². The number of hydrogen-bond acceptors (Lipinski definition) is 5. The van der Waals surface area contributed by atoms with E-state index >= 15 is 0 Å². The molecule has 7 nitrogen and oxygen atoms in total. The fourth-order valence-electron chi connectivity index (χ4n) is 3.94. The number of benzene rings is 1. The molecule has 3 rings (SSSR count). The molecule has 2 amide bonds. The number of hydrogen-bond donors (Lipinski definition) is 2. The van der Waals surface area contributed by atoms with Crippen molar-refractivity contribution in [3.63, 3.8) is 0 Å². The molecule has 0 unspecified atom stereocenters. The van der Waals surface area contributed by atoms with Crippen LogP contribution in [0.4, 0.5) is 0 Å². The molecule has 29 heavy (non-hydrogen) atoms. The average molecular weight is 403 g/mol. The van der Waals surface area contributed by atoms with Crippen LogP contribution in [0, 0.1) is 6.92 Å². The number of ether oxygens (including phenoxy) is 1. The molecule has 2 N–H and O–H groups in total. The highest BCUT2D eigenvalue weighted by atomic mass is 16.5. The summed E-state index contributed by atoms with van der Waals surface area (Å²) in [5, 5.41) is 5.96. The van der Waals surface area contributed by atoms with Crippen molar-refractivity contribution in [3.05, 3.63) is 35.4 Å². The van der Waals surface area contributed by atoms with Gasteiger partial charge in [0, 0.05) is 44.8 Å². The summed E-state index contributed by atoms with van der Waals surface area (Å²) in [5.74, 6) is -0.145. The Hall–Kier alpha value is -1.96. The largest absolute Gasteiger partial charge is 0.379 e. The van der Waals surface area contributed by atoms with E-state index in [1.807, 2.05) is 0 Å². The predicted octanol–water partition coefficient (Wildman–Crippen LogP) is 0.913. The Bertz CT molecular complexity index is 699. The van der Waals surface area contributed by atoms with Gasteiger partial charge in [-0.05, 0) is 26.3 Å². The Morgan fingerprint density at radius 3 is 2.59 bits per heavy atom. The molecule has 2 heterocycles. The average Bonchev–Trinajstić information content (AvgIpc) is 2.71. The quantitative estimate of drug-likeness (QED) is 0.709. The molecule has 0 bridgehead atoms. The smallest absolute Gasteiger partial charge is 0.237 e. The normalized spacial score (nSPS) is 21.6. The molecule has 2 fully saturated rings. The van der Waals surface area contributed by atoms with Crippen LogP contribution >= 0.6 is 0 Å². The molecule has 1 aromatic carbocycles. The van der Waals surface area contributed by atoms with E-state index in [2.05, 4.69) is 65.5 Å². The molecule has 2 aliphatic heterocycles. The second kappa shape index (κ2) is 9.69. The Kier molecular flexibility index (Phi) is 7.27. The zero-order valence-electron chi connectivity index (χ0n) is 17.9. The lowest BCUT2D eigenvalue weighted by Crippen LogP contribution is -2.58. The van der Waals surface area contributed by atoms with Gasteiger partial charge in [-0.1, -0.05) is 29.8 Å². The van der Waals surface area contributed by atoms with Crippen LogP contribution in [0.2, 0.25) is 0 Å². The number of amides is 2. The minimum absolute atomic E-state index is 0.0639. The van der Waals surface area contributed by atoms with Crippen molar-refractivity contribution in [2.24, 2.45) is 0 Å². The molecule has 7 heteroatoms. The van der Waals surface area contributed by atoms with Crippen molar-refractivity contribution in [2.45, 2.75) is 45.3 Å². The highest BCUT2D eigenvalue weighted by Gasteiger charge is 2.33. The van der Waals surface area contributed by atoms with Gasteiger partial charge < -0.3 is 15.4 Å². The third-order valence-electron chi connectivity index (χ3n) is 5.91. The van der Waals surface area contributed by atoms with Gasteiger partial charge >= 0.3 is 0 Å². The maximum absolute atomic E-state index is 12.7. The Morgan fingerprint density at radius 2 is 1.90 bits per heavy atom. The van der Waals surface area contributed by atoms with Gasteiger partial charge in [0.05, 0.1) is 25.7 Å². The van der Waals surface area contributed by atoms with E-state index in [0.717, 1.165) is 38.4 Å². The summed E-state index contributed by atoms with van der Waals surface area (Å²) in [6.07, 6.45) is 0.177. The Labute approximate surface area is 173 Å². The minimum Gasteiger partial charge on any atom is -0.379 e. The number of carbonyl (C=O) groups is 2. The van der Waals surface area contributed by atoms with Gasteiger partial charge in [-0.2, -0.15) is 0 Å². The van der Waals surface area contributed by atoms with E-state index in [9.17, 15) is 9.59 Å². The van der Waals surface area contributed by atoms with Crippen LogP contribution in [0.1, 0.15) is 31.4 Å². The summed E-state index contributed by atoms with van der Waals surface area (Å²) < 4.78 is 5.42. The van der Waals surface area contributed by atoms with E-state index in [-0.39, 0.29) is 23.8 Å². The number of nitrogens with one attached hydrogen (secondary N) is 2. The molecule has 1 aromatic rings. The number of carbonyl (C=O) groups excluding carboxylic acids is 2. The molecule has 2 aliphatic rings. The minimum atomic E-state index is -0.434. The van der Waals surface area contributed by atoms with Crippen LogP contribution in [0.15, 0.2) is 24.3 Å². The summed E-state index contributed by atoms with van der Waals surface area (Å²) in [7, 11) is 0. The maximum Gasteiger partial charge on any atom is 0.237 e. The molecule has 0 radical (unpaired) electrons. The first-order valence-electron chi connectivity index (χ1n) is 10.5. The summed E-state index contributed by atoms with van der Waals surface area (Å²) in [6.45, 7) is 12.1. The van der Waals surface area contributed by atoms with Crippen LogP contribution in [0.3, 0.4) is 0 Å². The number of nitrogens with zero attached hydrogens (tertiary/aromatic N) is 2. The molecular weight excluding hydrogens is 368 g/mol. The third-order valence-corrected chi connectivity index (χ3v) is 5.91. The van der Waals surface area contributed by atoms with Crippen molar-refractivity contribution < 1.29 is 14.3 Å². The number of piperazine rings is 1. The lowest BCUT2D eigenvalue weighted by Gasteiger charge is -2.41. The van der Waals surface area contributed by atoms with Gasteiger partial charge in [0.15, 0.2) is 0 Å². The van der Waals surface area contributed by atoms with Crippen molar-refractivity contribution in [1.82, 2.24) is 20.4 Å². The van der Waals surface area contributed by atoms with Gasteiger partial charge in [0.25, 0.3) is 0 Å². The second-order valence-electron chi connectivity index (χ2n) is 8.66. The third kappa shape index (κ3) is 6.01. The van der Waals surface area contributed by atoms with Crippen LogP contribution in [-0.2, 0) is 20.9 Å². The Morgan fingerprint density at radius 1 is 1.21 bits per heavy atom. The van der Waals surface area contributed by atoms with Crippen LogP contribution in [-0.4, -0.2) is 79.1 Å². The summed E-state index contributed by atoms with van der Waals surface area (Å²) in [5.41, 5.74) is 2.23. The van der Waals surface area contributed by atoms with E-state index in [1.165, 1.54) is 5.56 Å². The predicted molar refractivity (Wildman–Crippen MR) is 112 cm³/mol. The van der Waals surface area contributed by atoms with E-state index in [4.69, 9.17) is 4.74 Å². The molecule has 0 spiro atoms. The lowest BCUT2D eigenvalue weighted by molar-refractivity contribution is -0.134. The molecule has 2 saturated heterocycles. The molecule has 1 atom stereocenters. The Balaban J connectivity index is 1.55. The summed E-state index contributed by atoms with van der Waals surface area (Å²) in [4.78, 5) is 29.6.